The number of esters is 1. The van der Waals surface area contributed by atoms with Crippen molar-refractivity contribution in [1.29, 1.82) is 0 Å². The molecular formula is C17H24N2O5. The zero-order valence-corrected chi connectivity index (χ0v) is 14.1. The Morgan fingerprint density at radius 2 is 1.92 bits per heavy atom. The SMILES string of the molecule is COC(=O)[C@H](Cc1ccc(OC)cc1)NC(=O)/C(C)=C/[C@H](N)CO. The van der Waals surface area contributed by atoms with Gasteiger partial charge in [-0.1, -0.05) is 18.2 Å². The fourth-order valence-corrected chi connectivity index (χ4v) is 2.05. The monoisotopic (exact) mass is 336 g/mol. The van der Waals surface area contributed by atoms with Crippen molar-refractivity contribution in [2.45, 2.75) is 25.4 Å². The summed E-state index contributed by atoms with van der Waals surface area (Å²) in [6, 6.07) is 5.71. The fourth-order valence-electron chi connectivity index (χ4n) is 2.05. The Morgan fingerprint density at radius 3 is 2.42 bits per heavy atom. The van der Waals surface area contributed by atoms with Crippen molar-refractivity contribution in [2.24, 2.45) is 5.73 Å². The number of methoxy groups -OCH3 is 2. The molecule has 1 rings (SSSR count). The van der Waals surface area contributed by atoms with Crippen LogP contribution in [0.5, 0.6) is 5.75 Å². The van der Waals surface area contributed by atoms with E-state index in [4.69, 9.17) is 20.3 Å². The molecule has 0 unspecified atom stereocenters. The van der Waals surface area contributed by atoms with Crippen molar-refractivity contribution in [3.63, 3.8) is 0 Å². The second kappa shape index (κ2) is 9.69. The number of carbonyl (C=O) groups is 2. The van der Waals surface area contributed by atoms with Crippen LogP contribution in [-0.4, -0.2) is 49.9 Å². The van der Waals surface area contributed by atoms with E-state index in [0.717, 1.165) is 5.56 Å². The van der Waals surface area contributed by atoms with Crippen LogP contribution in [0.3, 0.4) is 0 Å². The Kier molecular flexibility index (Phi) is 7.94. The van der Waals surface area contributed by atoms with Crippen LogP contribution in [0.15, 0.2) is 35.9 Å². The largest absolute Gasteiger partial charge is 0.497 e. The molecule has 4 N–H and O–H groups in total. The number of nitrogens with one attached hydrogen (secondary N) is 1. The van der Waals surface area contributed by atoms with Gasteiger partial charge in [-0.3, -0.25) is 4.79 Å². The minimum Gasteiger partial charge on any atom is -0.497 e. The van der Waals surface area contributed by atoms with Gasteiger partial charge in [0.1, 0.15) is 11.8 Å². The summed E-state index contributed by atoms with van der Waals surface area (Å²) in [5.74, 6) is -0.282. The van der Waals surface area contributed by atoms with Crippen molar-refractivity contribution in [3.8, 4) is 5.75 Å². The highest BCUT2D eigenvalue weighted by Gasteiger charge is 2.22. The van der Waals surface area contributed by atoms with E-state index in [0.29, 0.717) is 11.3 Å². The summed E-state index contributed by atoms with van der Waals surface area (Å²) in [6.07, 6.45) is 1.72. The lowest BCUT2D eigenvalue weighted by Crippen LogP contribution is -2.43. The lowest BCUT2D eigenvalue weighted by atomic mass is 10.0. The van der Waals surface area contributed by atoms with E-state index in [1.54, 1.807) is 26.2 Å². The van der Waals surface area contributed by atoms with E-state index in [9.17, 15) is 9.59 Å². The molecule has 132 valence electrons. The van der Waals surface area contributed by atoms with Gasteiger partial charge in [0.2, 0.25) is 5.91 Å². The Morgan fingerprint density at radius 1 is 1.29 bits per heavy atom. The number of rotatable bonds is 8. The first kappa shape index (κ1) is 19.7. The van der Waals surface area contributed by atoms with Crippen LogP contribution in [0.25, 0.3) is 0 Å². The number of aliphatic hydroxyl groups is 1. The molecule has 24 heavy (non-hydrogen) atoms. The Bertz CT molecular complexity index is 583. The van der Waals surface area contributed by atoms with Crippen LogP contribution in [-0.2, 0) is 20.7 Å². The predicted molar refractivity (Wildman–Crippen MR) is 89.5 cm³/mol. The third-order valence-electron chi connectivity index (χ3n) is 3.42. The molecule has 1 amide bonds. The fraction of sp³-hybridized carbons (Fsp3) is 0.412. The van der Waals surface area contributed by atoms with Gasteiger partial charge in [-0.25, -0.2) is 4.79 Å². The molecule has 1 aromatic carbocycles. The standard InChI is InChI=1S/C17H24N2O5/c1-11(8-13(18)10-20)16(21)19-15(17(22)24-3)9-12-4-6-14(23-2)7-5-12/h4-8,13,15,20H,9-10,18H2,1-3H3,(H,19,21)/b11-8+/t13-,15-/m0/s1. The van der Waals surface area contributed by atoms with E-state index < -0.39 is 24.0 Å². The second-order valence-electron chi connectivity index (χ2n) is 5.30. The van der Waals surface area contributed by atoms with Crippen LogP contribution < -0.4 is 15.8 Å². The van der Waals surface area contributed by atoms with Gasteiger partial charge in [-0.15, -0.1) is 0 Å². The average molecular weight is 336 g/mol. The van der Waals surface area contributed by atoms with Crippen molar-refractivity contribution in [3.05, 3.63) is 41.5 Å². The number of aliphatic hydroxyl groups excluding tert-OH is 1. The summed E-state index contributed by atoms with van der Waals surface area (Å²) in [5.41, 5.74) is 6.74. The highest BCUT2D eigenvalue weighted by atomic mass is 16.5. The normalized spacial score (nSPS) is 13.8. The van der Waals surface area contributed by atoms with Gasteiger partial charge in [0.05, 0.1) is 20.8 Å². The Labute approximate surface area is 141 Å². The summed E-state index contributed by atoms with van der Waals surface area (Å²) in [4.78, 5) is 24.1. The smallest absolute Gasteiger partial charge is 0.328 e. The van der Waals surface area contributed by atoms with Crippen LogP contribution in [0, 0.1) is 0 Å². The van der Waals surface area contributed by atoms with Crippen molar-refractivity contribution < 1.29 is 24.2 Å². The van der Waals surface area contributed by atoms with Crippen LogP contribution in [0.2, 0.25) is 0 Å². The first-order valence-corrected chi connectivity index (χ1v) is 7.47. The van der Waals surface area contributed by atoms with Crippen molar-refractivity contribution in [2.75, 3.05) is 20.8 Å². The first-order valence-electron chi connectivity index (χ1n) is 7.47. The number of ether oxygens (including phenoxy) is 2. The van der Waals surface area contributed by atoms with Gasteiger partial charge in [-0.05, 0) is 24.6 Å². The highest BCUT2D eigenvalue weighted by Crippen LogP contribution is 2.13. The third kappa shape index (κ3) is 6.02. The summed E-state index contributed by atoms with van der Waals surface area (Å²) >= 11 is 0. The van der Waals surface area contributed by atoms with E-state index >= 15 is 0 Å². The molecular weight excluding hydrogens is 312 g/mol. The molecule has 0 heterocycles. The maximum Gasteiger partial charge on any atom is 0.328 e. The van der Waals surface area contributed by atoms with Crippen LogP contribution in [0.4, 0.5) is 0 Å². The molecule has 0 aliphatic rings. The van der Waals surface area contributed by atoms with Crippen molar-refractivity contribution in [1.82, 2.24) is 5.32 Å². The van der Waals surface area contributed by atoms with Crippen LogP contribution >= 0.6 is 0 Å². The van der Waals surface area contributed by atoms with E-state index in [1.807, 2.05) is 12.1 Å². The number of hydrogen-bond donors (Lipinski definition) is 3. The zero-order valence-electron chi connectivity index (χ0n) is 14.1. The number of benzene rings is 1. The quantitative estimate of drug-likeness (QED) is 0.461. The number of nitrogens with two attached hydrogens (primary N) is 1. The van der Waals surface area contributed by atoms with E-state index in [2.05, 4.69) is 5.32 Å². The molecule has 7 heteroatoms. The first-order chi connectivity index (χ1) is 11.4. The molecule has 0 radical (unpaired) electrons. The molecule has 2 atom stereocenters. The van der Waals surface area contributed by atoms with Gasteiger partial charge in [0.25, 0.3) is 0 Å². The molecule has 0 fully saturated rings. The summed E-state index contributed by atoms with van der Waals surface area (Å²) in [7, 11) is 2.83. The number of amides is 1. The van der Waals surface area contributed by atoms with E-state index in [1.165, 1.54) is 13.2 Å². The summed E-state index contributed by atoms with van der Waals surface area (Å²) in [5, 5.41) is 11.5. The molecule has 0 aromatic heterocycles. The minimum atomic E-state index is -0.829. The van der Waals surface area contributed by atoms with Crippen molar-refractivity contribution >= 4 is 11.9 Å². The zero-order chi connectivity index (χ0) is 18.1. The minimum absolute atomic E-state index is 0.267. The van der Waals surface area contributed by atoms with Gasteiger partial charge < -0.3 is 25.6 Å². The summed E-state index contributed by atoms with van der Waals surface area (Å²) < 4.78 is 9.84. The Hall–Kier alpha value is -2.38. The molecule has 1 aromatic rings. The third-order valence-corrected chi connectivity index (χ3v) is 3.42. The van der Waals surface area contributed by atoms with Crippen LogP contribution in [0.1, 0.15) is 12.5 Å². The Balaban J connectivity index is 2.83. The predicted octanol–water partition coefficient (Wildman–Crippen LogP) is 0.161. The average Bonchev–Trinajstić information content (AvgIpc) is 2.60. The molecule has 0 bridgehead atoms. The topological polar surface area (TPSA) is 111 Å². The van der Waals surface area contributed by atoms with Gasteiger partial charge in [0.15, 0.2) is 0 Å². The second-order valence-corrected chi connectivity index (χ2v) is 5.30. The molecule has 0 saturated heterocycles. The maximum absolute atomic E-state index is 12.2. The maximum atomic E-state index is 12.2. The number of hydrogen-bond acceptors (Lipinski definition) is 6. The molecule has 7 nitrogen and oxygen atoms in total. The van der Waals surface area contributed by atoms with Gasteiger partial charge in [0, 0.05) is 18.0 Å². The lowest BCUT2D eigenvalue weighted by molar-refractivity contribution is -0.144. The summed E-state index contributed by atoms with van der Waals surface area (Å²) in [6.45, 7) is 1.30. The van der Waals surface area contributed by atoms with Gasteiger partial charge >= 0.3 is 5.97 Å². The van der Waals surface area contributed by atoms with Gasteiger partial charge in [-0.2, -0.15) is 0 Å². The molecule has 0 aliphatic heterocycles. The molecule has 0 aliphatic carbocycles. The van der Waals surface area contributed by atoms with E-state index in [-0.39, 0.29) is 13.0 Å². The highest BCUT2D eigenvalue weighted by molar-refractivity contribution is 5.95. The molecule has 0 saturated carbocycles. The lowest BCUT2D eigenvalue weighted by Gasteiger charge is -2.17. The molecule has 0 spiro atoms. The number of carbonyl (C=O) groups excluding carboxylic acids is 2.